The molecule has 2 amide bonds. The predicted octanol–water partition coefficient (Wildman–Crippen LogP) is 2.52. The lowest BCUT2D eigenvalue weighted by Gasteiger charge is -2.24. The van der Waals surface area contributed by atoms with Crippen molar-refractivity contribution in [1.82, 2.24) is 4.90 Å². The molecule has 1 unspecified atom stereocenters. The van der Waals surface area contributed by atoms with Gasteiger partial charge in [0.1, 0.15) is 6.04 Å². The lowest BCUT2D eigenvalue weighted by Crippen LogP contribution is -2.40. The number of anilines is 1. The van der Waals surface area contributed by atoms with E-state index in [0.29, 0.717) is 18.9 Å². The van der Waals surface area contributed by atoms with Gasteiger partial charge in [0, 0.05) is 30.8 Å². The second-order valence-electron chi connectivity index (χ2n) is 6.41. The number of carbonyl (C=O) groups is 3. The van der Waals surface area contributed by atoms with E-state index >= 15 is 0 Å². The number of carboxylic acids is 1. The lowest BCUT2D eigenvalue weighted by atomic mass is 10.1. The highest BCUT2D eigenvalue weighted by Gasteiger charge is 2.37. The van der Waals surface area contributed by atoms with Crippen molar-refractivity contribution in [1.29, 1.82) is 0 Å². The van der Waals surface area contributed by atoms with Gasteiger partial charge < -0.3 is 14.9 Å². The minimum atomic E-state index is -4.69. The molecule has 0 radical (unpaired) electrons. The second kappa shape index (κ2) is 6.62. The molecule has 2 aliphatic heterocycles. The largest absolute Gasteiger partial charge is 0.480 e. The van der Waals surface area contributed by atoms with Gasteiger partial charge in [-0.25, -0.2) is 4.79 Å². The van der Waals surface area contributed by atoms with E-state index in [-0.39, 0.29) is 43.1 Å². The number of carboxylic acid groups (broad SMARTS) is 1. The third-order valence-electron chi connectivity index (χ3n) is 4.68. The summed E-state index contributed by atoms with van der Waals surface area (Å²) in [4.78, 5) is 38.1. The van der Waals surface area contributed by atoms with E-state index < -0.39 is 29.7 Å². The van der Waals surface area contributed by atoms with Crippen molar-refractivity contribution in [3.05, 3.63) is 29.3 Å². The van der Waals surface area contributed by atoms with Crippen LogP contribution in [0.3, 0.4) is 0 Å². The Morgan fingerprint density at radius 3 is 2.42 bits per heavy atom. The molecule has 1 atom stereocenters. The van der Waals surface area contributed by atoms with Gasteiger partial charge >= 0.3 is 12.1 Å². The quantitative estimate of drug-likeness (QED) is 0.887. The van der Waals surface area contributed by atoms with Crippen molar-refractivity contribution in [3.63, 3.8) is 0 Å². The number of nitrogens with zero attached hydrogens (tertiary/aromatic N) is 2. The first kappa shape index (κ1) is 18.2. The normalized spacial score (nSPS) is 20.7. The lowest BCUT2D eigenvalue weighted by molar-refractivity contribution is -0.141. The zero-order chi connectivity index (χ0) is 19.1. The van der Waals surface area contributed by atoms with Crippen molar-refractivity contribution in [3.8, 4) is 0 Å². The van der Waals surface area contributed by atoms with E-state index in [1.807, 2.05) is 0 Å². The number of likely N-dealkylation sites (tertiary alicyclic amines) is 1. The molecule has 2 aliphatic rings. The summed E-state index contributed by atoms with van der Waals surface area (Å²) in [5, 5.41) is 9.20. The third-order valence-corrected chi connectivity index (χ3v) is 4.68. The van der Waals surface area contributed by atoms with Crippen molar-refractivity contribution in [2.24, 2.45) is 0 Å². The zero-order valence-corrected chi connectivity index (χ0v) is 13.8. The van der Waals surface area contributed by atoms with Gasteiger partial charge in [0.15, 0.2) is 0 Å². The minimum absolute atomic E-state index is 0.0109. The molecule has 0 spiro atoms. The van der Waals surface area contributed by atoms with E-state index in [9.17, 15) is 32.7 Å². The molecule has 0 bridgehead atoms. The molecule has 0 saturated carbocycles. The van der Waals surface area contributed by atoms with Gasteiger partial charge in [-0.1, -0.05) is 0 Å². The number of aliphatic carboxylic acids is 1. The Kier molecular flexibility index (Phi) is 4.64. The van der Waals surface area contributed by atoms with Crippen LogP contribution in [0.4, 0.5) is 18.9 Å². The Labute approximate surface area is 147 Å². The first-order valence-electron chi connectivity index (χ1n) is 8.25. The van der Waals surface area contributed by atoms with Crippen LogP contribution in [0.15, 0.2) is 18.2 Å². The van der Waals surface area contributed by atoms with Gasteiger partial charge in [0.25, 0.3) is 5.91 Å². The SMILES string of the molecule is O=C(O)C1CCCN1C(=O)c1cc(N2CCCC2=O)cc(C(F)(F)F)c1. The molecule has 1 aromatic carbocycles. The molecule has 2 saturated heterocycles. The number of benzene rings is 1. The number of amides is 2. The van der Waals surface area contributed by atoms with Crippen molar-refractivity contribution in [2.75, 3.05) is 18.0 Å². The molecule has 9 heteroatoms. The van der Waals surface area contributed by atoms with E-state index in [4.69, 9.17) is 0 Å². The summed E-state index contributed by atoms with van der Waals surface area (Å²) >= 11 is 0. The highest BCUT2D eigenvalue weighted by Crippen LogP contribution is 2.35. The Balaban J connectivity index is 2.01. The maximum atomic E-state index is 13.3. The fraction of sp³-hybridized carbons (Fsp3) is 0.471. The van der Waals surface area contributed by atoms with E-state index in [2.05, 4.69) is 0 Å². The van der Waals surface area contributed by atoms with Crippen LogP contribution in [0.2, 0.25) is 0 Å². The fourth-order valence-electron chi connectivity index (χ4n) is 3.41. The van der Waals surface area contributed by atoms with Crippen molar-refractivity contribution >= 4 is 23.5 Å². The smallest absolute Gasteiger partial charge is 0.416 e. The van der Waals surface area contributed by atoms with Crippen molar-refractivity contribution < 1.29 is 32.7 Å². The number of hydrogen-bond acceptors (Lipinski definition) is 3. The molecule has 2 fully saturated rings. The topological polar surface area (TPSA) is 77.9 Å². The molecule has 0 aromatic heterocycles. The standard InChI is InChI=1S/C17H17F3N2O4/c18-17(19,20)11-7-10(8-12(9-11)21-5-2-4-14(21)23)15(24)22-6-1-3-13(22)16(25)26/h7-9,13H,1-6H2,(H,25,26). The fourth-order valence-corrected chi connectivity index (χ4v) is 3.41. The van der Waals surface area contributed by atoms with Gasteiger partial charge in [0.05, 0.1) is 5.56 Å². The van der Waals surface area contributed by atoms with Gasteiger partial charge in [-0.15, -0.1) is 0 Å². The molecular formula is C17H17F3N2O4. The first-order chi connectivity index (χ1) is 12.2. The van der Waals surface area contributed by atoms with Crippen LogP contribution in [0, 0.1) is 0 Å². The summed E-state index contributed by atoms with van der Waals surface area (Å²) in [6.45, 7) is 0.458. The molecular weight excluding hydrogens is 353 g/mol. The Hall–Kier alpha value is -2.58. The highest BCUT2D eigenvalue weighted by molar-refractivity contribution is 6.00. The predicted molar refractivity (Wildman–Crippen MR) is 84.7 cm³/mol. The Morgan fingerprint density at radius 1 is 1.12 bits per heavy atom. The molecule has 1 N–H and O–H groups in total. The van der Waals surface area contributed by atoms with E-state index in [1.54, 1.807) is 0 Å². The summed E-state index contributed by atoms with van der Waals surface area (Å²) < 4.78 is 39.8. The second-order valence-corrected chi connectivity index (χ2v) is 6.41. The van der Waals surface area contributed by atoms with Crippen LogP contribution in [0.1, 0.15) is 41.6 Å². The zero-order valence-electron chi connectivity index (χ0n) is 13.8. The third kappa shape index (κ3) is 3.38. The van der Waals surface area contributed by atoms with Gasteiger partial charge in [-0.2, -0.15) is 13.2 Å². The number of alkyl halides is 3. The number of hydrogen-bond donors (Lipinski definition) is 1. The van der Waals surface area contributed by atoms with Gasteiger partial charge in [-0.05, 0) is 37.5 Å². The average Bonchev–Trinajstić information content (AvgIpc) is 3.21. The van der Waals surface area contributed by atoms with Crippen LogP contribution >= 0.6 is 0 Å². The Bertz CT molecular complexity index is 763. The summed E-state index contributed by atoms with van der Waals surface area (Å²) in [6.07, 6.45) is -3.18. The van der Waals surface area contributed by atoms with Crippen LogP contribution in [0.5, 0.6) is 0 Å². The maximum Gasteiger partial charge on any atom is 0.416 e. The van der Waals surface area contributed by atoms with Gasteiger partial charge in [-0.3, -0.25) is 9.59 Å². The Morgan fingerprint density at radius 2 is 1.85 bits per heavy atom. The first-order valence-corrected chi connectivity index (χ1v) is 8.25. The van der Waals surface area contributed by atoms with E-state index in [1.165, 1.54) is 11.0 Å². The molecule has 6 nitrogen and oxygen atoms in total. The summed E-state index contributed by atoms with van der Waals surface area (Å²) in [6, 6.07) is 1.74. The summed E-state index contributed by atoms with van der Waals surface area (Å²) in [5.74, 6) is -2.25. The average molecular weight is 370 g/mol. The van der Waals surface area contributed by atoms with Crippen molar-refractivity contribution in [2.45, 2.75) is 37.9 Å². The summed E-state index contributed by atoms with van der Waals surface area (Å²) in [7, 11) is 0. The monoisotopic (exact) mass is 370 g/mol. The van der Waals surface area contributed by atoms with E-state index in [0.717, 1.165) is 11.0 Å². The minimum Gasteiger partial charge on any atom is -0.480 e. The van der Waals surface area contributed by atoms with Gasteiger partial charge in [0.2, 0.25) is 5.91 Å². The number of carbonyl (C=O) groups excluding carboxylic acids is 2. The molecule has 0 aliphatic carbocycles. The summed E-state index contributed by atoms with van der Waals surface area (Å²) in [5.41, 5.74) is -1.29. The van der Waals surface area contributed by atoms with Crippen LogP contribution in [0.25, 0.3) is 0 Å². The molecule has 140 valence electrons. The van der Waals surface area contributed by atoms with Crippen LogP contribution in [-0.2, 0) is 15.8 Å². The van der Waals surface area contributed by atoms with Crippen LogP contribution in [-0.4, -0.2) is 46.9 Å². The molecule has 3 rings (SSSR count). The highest BCUT2D eigenvalue weighted by atomic mass is 19.4. The number of rotatable bonds is 3. The molecule has 1 aromatic rings. The van der Waals surface area contributed by atoms with Crippen LogP contribution < -0.4 is 4.90 Å². The molecule has 26 heavy (non-hydrogen) atoms. The number of halogens is 3. The maximum absolute atomic E-state index is 13.3. The molecule has 2 heterocycles.